The molecule has 0 aromatic heterocycles. The summed E-state index contributed by atoms with van der Waals surface area (Å²) < 4.78 is 30.4. The van der Waals surface area contributed by atoms with Crippen molar-refractivity contribution in [3.8, 4) is 17.2 Å². The van der Waals surface area contributed by atoms with Crippen LogP contribution >= 0.6 is 0 Å². The number of rotatable bonds is 12. The molecule has 0 bridgehead atoms. The number of carbonyl (C=O) groups excluding carboxylic acids is 1. The Bertz CT molecular complexity index is 1340. The minimum absolute atomic E-state index is 0.184. The van der Waals surface area contributed by atoms with E-state index in [4.69, 9.17) is 14.2 Å². The summed E-state index contributed by atoms with van der Waals surface area (Å²) in [5.41, 5.74) is 4.06. The maximum Gasteiger partial charge on any atom is 0.277 e. The molecule has 0 aliphatic heterocycles. The molecule has 6 nitrogen and oxygen atoms in total. The number of hydrogen-bond acceptors (Lipinski definition) is 5. The molecular formula is C30H29FN2O4. The van der Waals surface area contributed by atoms with Crippen molar-refractivity contribution in [1.29, 1.82) is 0 Å². The fraction of sp³-hybridized carbons (Fsp3) is 0.200. The number of nitrogens with zero attached hydrogens (tertiary/aromatic N) is 1. The Morgan fingerprint density at radius 1 is 0.892 bits per heavy atom. The molecule has 0 aliphatic rings. The molecule has 190 valence electrons. The fourth-order valence-corrected chi connectivity index (χ4v) is 3.59. The Labute approximate surface area is 215 Å². The zero-order chi connectivity index (χ0) is 25.9. The van der Waals surface area contributed by atoms with E-state index in [-0.39, 0.29) is 19.0 Å². The summed E-state index contributed by atoms with van der Waals surface area (Å²) in [5.74, 6) is 1.23. The zero-order valence-electron chi connectivity index (χ0n) is 20.7. The first-order chi connectivity index (χ1) is 18.1. The third-order valence-corrected chi connectivity index (χ3v) is 5.58. The molecule has 1 N–H and O–H groups in total. The van der Waals surface area contributed by atoms with Gasteiger partial charge in [0.15, 0.2) is 6.61 Å². The van der Waals surface area contributed by atoms with Gasteiger partial charge in [0.05, 0.1) is 12.8 Å². The van der Waals surface area contributed by atoms with Crippen molar-refractivity contribution in [1.82, 2.24) is 5.43 Å². The third-order valence-electron chi connectivity index (χ3n) is 5.58. The second-order valence-electron chi connectivity index (χ2n) is 8.37. The standard InChI is InChI=1S/C30H29FN2O4/c1-2-3-18-35-25-13-15-26(16-14-25)36-21-30(34)33-32-19-28-27-7-5-4-6-23(27)10-17-29(28)37-20-22-8-11-24(31)12-9-22/h4-17,19H,2-3,18,20-21H2,1H3,(H,33,34)/b32-19-. The Balaban J connectivity index is 1.37. The molecule has 4 aromatic rings. The SMILES string of the molecule is CCCCOc1ccc(OCC(=O)N/N=C\c2c(OCc3ccc(F)cc3)ccc3ccccc23)cc1. The molecule has 7 heteroatoms. The van der Waals surface area contributed by atoms with Gasteiger partial charge in [-0.25, -0.2) is 9.82 Å². The maximum atomic E-state index is 13.2. The van der Waals surface area contributed by atoms with E-state index in [1.807, 2.05) is 48.5 Å². The predicted octanol–water partition coefficient (Wildman–Crippen LogP) is 6.27. The molecule has 37 heavy (non-hydrogen) atoms. The highest BCUT2D eigenvalue weighted by Crippen LogP contribution is 2.27. The largest absolute Gasteiger partial charge is 0.494 e. The number of halogens is 1. The second kappa shape index (κ2) is 13.1. The molecular weight excluding hydrogens is 471 g/mol. The van der Waals surface area contributed by atoms with Gasteiger partial charge in [0.1, 0.15) is 29.7 Å². The number of hydrogen-bond donors (Lipinski definition) is 1. The highest BCUT2D eigenvalue weighted by atomic mass is 19.1. The highest BCUT2D eigenvalue weighted by Gasteiger charge is 2.09. The van der Waals surface area contributed by atoms with Crippen LogP contribution < -0.4 is 19.6 Å². The third kappa shape index (κ3) is 7.54. The van der Waals surface area contributed by atoms with E-state index in [9.17, 15) is 9.18 Å². The van der Waals surface area contributed by atoms with Crippen molar-refractivity contribution in [3.05, 3.63) is 102 Å². The lowest BCUT2D eigenvalue weighted by Gasteiger charge is -2.12. The van der Waals surface area contributed by atoms with Crippen molar-refractivity contribution < 1.29 is 23.4 Å². The molecule has 1 amide bonds. The molecule has 0 aliphatic carbocycles. The molecule has 0 saturated carbocycles. The van der Waals surface area contributed by atoms with Crippen molar-refractivity contribution >= 4 is 22.9 Å². The van der Waals surface area contributed by atoms with E-state index in [1.165, 1.54) is 12.1 Å². The van der Waals surface area contributed by atoms with E-state index < -0.39 is 5.91 Å². The van der Waals surface area contributed by atoms with Gasteiger partial charge >= 0.3 is 0 Å². The number of benzene rings is 4. The predicted molar refractivity (Wildman–Crippen MR) is 143 cm³/mol. The number of fused-ring (bicyclic) bond motifs is 1. The van der Waals surface area contributed by atoms with Crippen molar-refractivity contribution in [3.63, 3.8) is 0 Å². The summed E-state index contributed by atoms with van der Waals surface area (Å²) in [6.07, 6.45) is 3.63. The quantitative estimate of drug-likeness (QED) is 0.142. The van der Waals surface area contributed by atoms with Gasteiger partial charge in [-0.1, -0.05) is 55.8 Å². The van der Waals surface area contributed by atoms with Gasteiger partial charge in [-0.15, -0.1) is 0 Å². The van der Waals surface area contributed by atoms with Gasteiger partial charge in [0.2, 0.25) is 0 Å². The van der Waals surface area contributed by atoms with Crippen molar-refractivity contribution in [2.45, 2.75) is 26.4 Å². The van der Waals surface area contributed by atoms with E-state index in [2.05, 4.69) is 17.5 Å². The van der Waals surface area contributed by atoms with Gasteiger partial charge in [-0.2, -0.15) is 5.10 Å². The highest BCUT2D eigenvalue weighted by molar-refractivity contribution is 6.02. The van der Waals surface area contributed by atoms with Crippen LogP contribution in [0.4, 0.5) is 4.39 Å². The molecule has 4 aromatic carbocycles. The van der Waals surface area contributed by atoms with E-state index >= 15 is 0 Å². The first kappa shape index (κ1) is 25.7. The lowest BCUT2D eigenvalue weighted by atomic mass is 10.0. The molecule has 0 saturated heterocycles. The molecule has 0 fully saturated rings. The number of ether oxygens (including phenoxy) is 3. The lowest BCUT2D eigenvalue weighted by Crippen LogP contribution is -2.24. The maximum absolute atomic E-state index is 13.2. The molecule has 0 radical (unpaired) electrons. The Hall–Kier alpha value is -4.39. The fourth-order valence-electron chi connectivity index (χ4n) is 3.59. The molecule has 4 rings (SSSR count). The normalized spacial score (nSPS) is 11.0. The van der Waals surface area contributed by atoms with Gasteiger partial charge < -0.3 is 14.2 Å². The Kier molecular flexibility index (Phi) is 9.07. The lowest BCUT2D eigenvalue weighted by molar-refractivity contribution is -0.123. The van der Waals surface area contributed by atoms with Crippen LogP contribution in [0.5, 0.6) is 17.2 Å². The second-order valence-corrected chi connectivity index (χ2v) is 8.37. The number of hydrazone groups is 1. The van der Waals surface area contributed by atoms with E-state index in [1.54, 1.807) is 30.5 Å². The Morgan fingerprint density at radius 2 is 1.62 bits per heavy atom. The number of unbranched alkanes of at least 4 members (excludes halogenated alkanes) is 1. The molecule has 0 spiro atoms. The van der Waals surface area contributed by atoms with Crippen LogP contribution in [0.25, 0.3) is 10.8 Å². The van der Waals surface area contributed by atoms with Crippen molar-refractivity contribution in [2.24, 2.45) is 5.10 Å². The minimum atomic E-state index is -0.395. The van der Waals surface area contributed by atoms with Gasteiger partial charge in [0, 0.05) is 5.56 Å². The molecule has 0 atom stereocenters. The van der Waals surface area contributed by atoms with Crippen LogP contribution in [-0.2, 0) is 11.4 Å². The van der Waals surface area contributed by atoms with Crippen LogP contribution in [0.15, 0.2) is 90.0 Å². The summed E-state index contributed by atoms with van der Waals surface area (Å²) in [6, 6.07) is 24.9. The van der Waals surface area contributed by atoms with Crippen LogP contribution in [0.1, 0.15) is 30.9 Å². The first-order valence-electron chi connectivity index (χ1n) is 12.2. The Morgan fingerprint density at radius 3 is 2.38 bits per heavy atom. The van der Waals surface area contributed by atoms with Gasteiger partial charge in [-0.3, -0.25) is 4.79 Å². The monoisotopic (exact) mass is 500 g/mol. The van der Waals surface area contributed by atoms with Crippen LogP contribution in [0, 0.1) is 5.82 Å². The average Bonchev–Trinajstić information content (AvgIpc) is 2.93. The number of nitrogens with one attached hydrogen (secondary N) is 1. The van der Waals surface area contributed by atoms with Crippen LogP contribution in [0.3, 0.4) is 0 Å². The van der Waals surface area contributed by atoms with Gasteiger partial charge in [0.25, 0.3) is 5.91 Å². The zero-order valence-corrected chi connectivity index (χ0v) is 20.7. The topological polar surface area (TPSA) is 69.2 Å². The average molecular weight is 501 g/mol. The van der Waals surface area contributed by atoms with E-state index in [0.717, 1.165) is 40.5 Å². The van der Waals surface area contributed by atoms with E-state index in [0.29, 0.717) is 18.1 Å². The summed E-state index contributed by atoms with van der Waals surface area (Å²) in [6.45, 7) is 2.87. The smallest absolute Gasteiger partial charge is 0.277 e. The molecule has 0 unspecified atom stereocenters. The van der Waals surface area contributed by atoms with Crippen molar-refractivity contribution in [2.75, 3.05) is 13.2 Å². The summed E-state index contributed by atoms with van der Waals surface area (Å²) in [5, 5.41) is 6.07. The van der Waals surface area contributed by atoms with Gasteiger partial charge in [-0.05, 0) is 65.2 Å². The summed E-state index contributed by atoms with van der Waals surface area (Å²) >= 11 is 0. The molecule has 0 heterocycles. The van der Waals surface area contributed by atoms with Crippen LogP contribution in [-0.4, -0.2) is 25.3 Å². The summed E-state index contributed by atoms with van der Waals surface area (Å²) in [7, 11) is 0. The van der Waals surface area contributed by atoms with Crippen LogP contribution in [0.2, 0.25) is 0 Å². The summed E-state index contributed by atoms with van der Waals surface area (Å²) in [4.78, 5) is 12.3. The number of carbonyl (C=O) groups is 1. The minimum Gasteiger partial charge on any atom is -0.494 e. The number of amides is 1. The first-order valence-corrected chi connectivity index (χ1v) is 12.2.